The second-order valence-corrected chi connectivity index (χ2v) is 4.85. The molecule has 0 N–H and O–H groups in total. The van der Waals surface area contributed by atoms with Gasteiger partial charge < -0.3 is 9.64 Å². The summed E-state index contributed by atoms with van der Waals surface area (Å²) < 4.78 is 39.5. The van der Waals surface area contributed by atoms with Crippen LogP contribution in [0.15, 0.2) is 0 Å². The first kappa shape index (κ1) is 12.5. The lowest BCUT2D eigenvalue weighted by Crippen LogP contribution is -2.48. The van der Waals surface area contributed by atoms with Gasteiger partial charge in [0, 0.05) is 12.1 Å². The van der Waals surface area contributed by atoms with E-state index in [1.54, 1.807) is 0 Å². The molecule has 17 heavy (non-hydrogen) atoms. The van der Waals surface area contributed by atoms with E-state index in [0.717, 1.165) is 32.1 Å². The van der Waals surface area contributed by atoms with Gasteiger partial charge in [-0.05, 0) is 31.6 Å². The highest BCUT2D eigenvalue weighted by Crippen LogP contribution is 2.40. The van der Waals surface area contributed by atoms with E-state index in [0.29, 0.717) is 5.92 Å². The van der Waals surface area contributed by atoms with Crippen molar-refractivity contribution >= 4 is 6.09 Å². The van der Waals surface area contributed by atoms with Crippen LogP contribution < -0.4 is 0 Å². The fourth-order valence-electron chi connectivity index (χ4n) is 3.07. The molecule has 2 unspecified atom stereocenters. The predicted octanol–water partition coefficient (Wildman–Crippen LogP) is 3.30. The van der Waals surface area contributed by atoms with Gasteiger partial charge in [0.1, 0.15) is 0 Å². The fourth-order valence-corrected chi connectivity index (χ4v) is 3.07. The highest BCUT2D eigenvalue weighted by Gasteiger charge is 2.46. The quantitative estimate of drug-likeness (QED) is 0.715. The third-order valence-electron chi connectivity index (χ3n) is 3.82. The number of carbonyl (C=O) groups excluding carboxylic acids is 1. The molecule has 2 bridgehead atoms. The van der Waals surface area contributed by atoms with Crippen molar-refractivity contribution in [2.45, 2.75) is 57.5 Å². The molecule has 0 aromatic carbocycles. The van der Waals surface area contributed by atoms with E-state index in [4.69, 9.17) is 0 Å². The molecular formula is C11H16F3NO2. The summed E-state index contributed by atoms with van der Waals surface area (Å²) >= 11 is 0. The van der Waals surface area contributed by atoms with Gasteiger partial charge >= 0.3 is 12.5 Å². The summed E-state index contributed by atoms with van der Waals surface area (Å²) in [7, 11) is 0. The van der Waals surface area contributed by atoms with Gasteiger partial charge in [-0.15, -0.1) is 13.2 Å². The van der Waals surface area contributed by atoms with Crippen LogP contribution in [-0.2, 0) is 4.74 Å². The number of alkyl halides is 3. The lowest BCUT2D eigenvalue weighted by molar-refractivity contribution is -0.295. The Balaban J connectivity index is 2.01. The van der Waals surface area contributed by atoms with Gasteiger partial charge in [0.25, 0.3) is 0 Å². The molecule has 2 rings (SSSR count). The Bertz CT molecular complexity index is 292. The Labute approximate surface area is 97.9 Å². The van der Waals surface area contributed by atoms with Crippen LogP contribution in [0.4, 0.5) is 18.0 Å². The number of nitrogens with zero attached hydrogens (tertiary/aromatic N) is 1. The van der Waals surface area contributed by atoms with Crippen LogP contribution in [-0.4, -0.2) is 29.4 Å². The second-order valence-electron chi connectivity index (χ2n) is 4.85. The van der Waals surface area contributed by atoms with E-state index in [1.165, 1.54) is 4.90 Å². The highest BCUT2D eigenvalue weighted by molar-refractivity contribution is 5.69. The smallest absolute Gasteiger partial charge is 0.356 e. The lowest BCUT2D eigenvalue weighted by Gasteiger charge is -2.37. The van der Waals surface area contributed by atoms with Crippen molar-refractivity contribution in [2.75, 3.05) is 0 Å². The summed E-state index contributed by atoms with van der Waals surface area (Å²) in [4.78, 5) is 12.8. The molecule has 1 amide bonds. The third-order valence-corrected chi connectivity index (χ3v) is 3.82. The Kier molecular flexibility index (Phi) is 3.23. The van der Waals surface area contributed by atoms with Gasteiger partial charge in [-0.3, -0.25) is 0 Å². The zero-order chi connectivity index (χ0) is 12.6. The van der Waals surface area contributed by atoms with Gasteiger partial charge in [0.15, 0.2) is 0 Å². The second kappa shape index (κ2) is 4.38. The number of fused-ring (bicyclic) bond motifs is 2. The minimum Gasteiger partial charge on any atom is -0.356 e. The summed E-state index contributed by atoms with van der Waals surface area (Å²) in [6.45, 7) is 2.08. The van der Waals surface area contributed by atoms with Gasteiger partial charge in [-0.25, -0.2) is 4.79 Å². The summed E-state index contributed by atoms with van der Waals surface area (Å²) in [5, 5.41) is 0. The Hall–Kier alpha value is -0.940. The summed E-state index contributed by atoms with van der Waals surface area (Å²) in [6.07, 6.45) is -1.87. The van der Waals surface area contributed by atoms with E-state index in [9.17, 15) is 18.0 Å². The standard InChI is InChI=1S/C11H16F3NO2/c1-2-7-5-8-3-4-9(6-7)15(8)10(16)17-11(12,13)14/h7-9H,2-6H2,1H3. The van der Waals surface area contributed by atoms with E-state index in [-0.39, 0.29) is 12.1 Å². The molecule has 0 aliphatic carbocycles. The average Bonchev–Trinajstić information content (AvgIpc) is 2.47. The molecule has 98 valence electrons. The molecule has 2 aliphatic rings. The minimum absolute atomic E-state index is 0.0615. The number of carbonyl (C=O) groups is 1. The number of ether oxygens (including phenoxy) is 1. The molecule has 2 atom stereocenters. The minimum atomic E-state index is -4.88. The van der Waals surface area contributed by atoms with Crippen LogP contribution in [0.1, 0.15) is 39.0 Å². The predicted molar refractivity (Wildman–Crippen MR) is 54.2 cm³/mol. The van der Waals surface area contributed by atoms with Gasteiger partial charge in [0.05, 0.1) is 0 Å². The van der Waals surface area contributed by atoms with Crippen LogP contribution in [0.25, 0.3) is 0 Å². The van der Waals surface area contributed by atoms with Crippen molar-refractivity contribution in [2.24, 2.45) is 5.92 Å². The topological polar surface area (TPSA) is 29.5 Å². The molecule has 0 saturated carbocycles. The van der Waals surface area contributed by atoms with Crippen molar-refractivity contribution in [3.05, 3.63) is 0 Å². The maximum absolute atomic E-state index is 12.0. The van der Waals surface area contributed by atoms with Crippen LogP contribution in [0, 0.1) is 5.92 Å². The van der Waals surface area contributed by atoms with Gasteiger partial charge in [-0.2, -0.15) is 0 Å². The Morgan fingerprint density at radius 1 is 1.29 bits per heavy atom. The number of hydrogen-bond acceptors (Lipinski definition) is 2. The molecule has 0 radical (unpaired) electrons. The Morgan fingerprint density at radius 2 is 1.82 bits per heavy atom. The normalized spacial score (nSPS) is 32.7. The number of rotatable bonds is 1. The largest absolute Gasteiger partial charge is 0.576 e. The molecule has 2 saturated heterocycles. The van der Waals surface area contributed by atoms with Crippen molar-refractivity contribution in [3.63, 3.8) is 0 Å². The van der Waals surface area contributed by atoms with Crippen LogP contribution in [0.3, 0.4) is 0 Å². The third kappa shape index (κ3) is 2.66. The van der Waals surface area contributed by atoms with E-state index < -0.39 is 12.5 Å². The van der Waals surface area contributed by atoms with E-state index in [1.807, 2.05) is 0 Å². The summed E-state index contributed by atoms with van der Waals surface area (Å²) in [6, 6.07) is -0.123. The van der Waals surface area contributed by atoms with Crippen LogP contribution in [0.2, 0.25) is 0 Å². The molecule has 6 heteroatoms. The molecule has 2 aliphatic heterocycles. The molecule has 2 heterocycles. The van der Waals surface area contributed by atoms with Crippen LogP contribution >= 0.6 is 0 Å². The first-order chi connectivity index (χ1) is 7.90. The number of piperidine rings is 1. The monoisotopic (exact) mass is 251 g/mol. The zero-order valence-corrected chi connectivity index (χ0v) is 9.67. The first-order valence-electron chi connectivity index (χ1n) is 5.98. The zero-order valence-electron chi connectivity index (χ0n) is 9.67. The molecular weight excluding hydrogens is 235 g/mol. The number of halogens is 3. The lowest BCUT2D eigenvalue weighted by atomic mass is 9.89. The molecule has 0 aromatic heterocycles. The highest BCUT2D eigenvalue weighted by atomic mass is 19.4. The van der Waals surface area contributed by atoms with Crippen molar-refractivity contribution < 1.29 is 22.7 Å². The molecule has 3 nitrogen and oxygen atoms in total. The number of hydrogen-bond donors (Lipinski definition) is 0. The van der Waals surface area contributed by atoms with Crippen molar-refractivity contribution in [1.82, 2.24) is 4.90 Å². The van der Waals surface area contributed by atoms with Gasteiger partial charge in [0.2, 0.25) is 0 Å². The van der Waals surface area contributed by atoms with Crippen molar-refractivity contribution in [1.29, 1.82) is 0 Å². The van der Waals surface area contributed by atoms with Crippen molar-refractivity contribution in [3.8, 4) is 0 Å². The molecule has 0 aromatic rings. The molecule has 0 spiro atoms. The number of amides is 1. The van der Waals surface area contributed by atoms with E-state index >= 15 is 0 Å². The SMILES string of the molecule is CCC1CC2CCC(C1)N2C(=O)OC(F)(F)F. The van der Waals surface area contributed by atoms with Gasteiger partial charge in [-0.1, -0.05) is 13.3 Å². The summed E-state index contributed by atoms with van der Waals surface area (Å²) in [5.74, 6) is 0.530. The summed E-state index contributed by atoms with van der Waals surface area (Å²) in [5.41, 5.74) is 0. The first-order valence-corrected chi connectivity index (χ1v) is 5.98. The average molecular weight is 251 g/mol. The van der Waals surface area contributed by atoms with Crippen LogP contribution in [0.5, 0.6) is 0 Å². The molecule has 2 fully saturated rings. The maximum Gasteiger partial charge on any atom is 0.576 e. The van der Waals surface area contributed by atoms with E-state index in [2.05, 4.69) is 11.7 Å². The Morgan fingerprint density at radius 3 is 2.24 bits per heavy atom. The fraction of sp³-hybridized carbons (Fsp3) is 0.909. The maximum atomic E-state index is 12.0.